The van der Waals surface area contributed by atoms with Gasteiger partial charge in [-0.3, -0.25) is 0 Å². The minimum absolute atomic E-state index is 0.351. The molecule has 0 bridgehead atoms. The van der Waals surface area contributed by atoms with E-state index in [0.29, 0.717) is 18.5 Å². The summed E-state index contributed by atoms with van der Waals surface area (Å²) in [6.45, 7) is 7.22. The molecular formula is C15H22N2O. The van der Waals surface area contributed by atoms with Crippen LogP contribution in [-0.2, 0) is 0 Å². The number of hydrogen-bond acceptors (Lipinski definition) is 2. The Kier molecular flexibility index (Phi) is 3.62. The lowest BCUT2D eigenvalue weighted by molar-refractivity contribution is 0.420. The number of hydrogen-bond donors (Lipinski definition) is 1. The van der Waals surface area contributed by atoms with E-state index in [1.165, 1.54) is 16.6 Å². The molecule has 18 heavy (non-hydrogen) atoms. The molecule has 2 rings (SSSR count). The molecule has 0 aliphatic heterocycles. The highest BCUT2D eigenvalue weighted by Gasteiger charge is 2.17. The first-order valence-electron chi connectivity index (χ1n) is 6.48. The fourth-order valence-electron chi connectivity index (χ4n) is 2.50. The average Bonchev–Trinajstić information content (AvgIpc) is 2.76. The monoisotopic (exact) mass is 246 g/mol. The van der Waals surface area contributed by atoms with Crippen LogP contribution in [0.3, 0.4) is 0 Å². The van der Waals surface area contributed by atoms with Crippen molar-refractivity contribution < 1.29 is 4.74 Å². The van der Waals surface area contributed by atoms with Crippen molar-refractivity contribution >= 4 is 10.9 Å². The highest BCUT2D eigenvalue weighted by molar-refractivity contribution is 5.87. The van der Waals surface area contributed by atoms with Crippen LogP contribution in [0.2, 0.25) is 0 Å². The summed E-state index contributed by atoms with van der Waals surface area (Å²) in [7, 11) is 1.72. The van der Waals surface area contributed by atoms with Gasteiger partial charge in [-0.15, -0.1) is 0 Å². The van der Waals surface area contributed by atoms with Gasteiger partial charge < -0.3 is 15.0 Å². The SMILES string of the molecule is COc1cccc2c1cc(C(C)CN)n2C(C)C. The molecule has 0 saturated carbocycles. The molecule has 0 saturated heterocycles. The minimum atomic E-state index is 0.351. The van der Waals surface area contributed by atoms with Crippen molar-refractivity contribution in [2.45, 2.75) is 32.7 Å². The van der Waals surface area contributed by atoms with Crippen LogP contribution in [-0.4, -0.2) is 18.2 Å². The van der Waals surface area contributed by atoms with Gasteiger partial charge in [0.2, 0.25) is 0 Å². The van der Waals surface area contributed by atoms with Crippen LogP contribution in [0.5, 0.6) is 5.75 Å². The molecule has 2 N–H and O–H groups in total. The van der Waals surface area contributed by atoms with Gasteiger partial charge in [-0.05, 0) is 32.0 Å². The third-order valence-electron chi connectivity index (χ3n) is 3.47. The summed E-state index contributed by atoms with van der Waals surface area (Å²) in [5.74, 6) is 1.28. The number of aromatic nitrogens is 1. The van der Waals surface area contributed by atoms with Crippen molar-refractivity contribution in [1.29, 1.82) is 0 Å². The van der Waals surface area contributed by atoms with Crippen molar-refractivity contribution in [3.8, 4) is 5.75 Å². The summed E-state index contributed by atoms with van der Waals surface area (Å²) in [6.07, 6.45) is 0. The maximum absolute atomic E-state index is 5.82. The van der Waals surface area contributed by atoms with E-state index in [-0.39, 0.29) is 0 Å². The first-order chi connectivity index (χ1) is 8.60. The third kappa shape index (κ3) is 1.99. The Morgan fingerprint density at radius 1 is 1.28 bits per heavy atom. The van der Waals surface area contributed by atoms with Crippen LogP contribution < -0.4 is 10.5 Å². The van der Waals surface area contributed by atoms with Crippen LogP contribution in [0.25, 0.3) is 10.9 Å². The van der Waals surface area contributed by atoms with Gasteiger partial charge in [0.1, 0.15) is 5.75 Å². The molecule has 1 heterocycles. The first kappa shape index (κ1) is 13.0. The standard InChI is InChI=1S/C15H22N2O/c1-10(2)17-13-6-5-7-15(18-4)12(13)8-14(17)11(3)9-16/h5-8,10-11H,9,16H2,1-4H3. The topological polar surface area (TPSA) is 40.2 Å². The number of nitrogens with zero attached hydrogens (tertiary/aromatic N) is 1. The average molecular weight is 246 g/mol. The summed E-state index contributed by atoms with van der Waals surface area (Å²) < 4.78 is 7.80. The Hall–Kier alpha value is -1.48. The second-order valence-electron chi connectivity index (χ2n) is 5.06. The minimum Gasteiger partial charge on any atom is -0.496 e. The fraction of sp³-hybridized carbons (Fsp3) is 0.467. The summed E-state index contributed by atoms with van der Waals surface area (Å²) >= 11 is 0. The van der Waals surface area contributed by atoms with Gasteiger partial charge in [0.15, 0.2) is 0 Å². The van der Waals surface area contributed by atoms with Gasteiger partial charge in [-0.2, -0.15) is 0 Å². The summed E-state index contributed by atoms with van der Waals surface area (Å²) in [4.78, 5) is 0. The van der Waals surface area contributed by atoms with Crippen molar-refractivity contribution in [1.82, 2.24) is 4.57 Å². The molecule has 1 atom stereocenters. The van der Waals surface area contributed by atoms with E-state index < -0.39 is 0 Å². The van der Waals surface area contributed by atoms with Gasteiger partial charge in [-0.1, -0.05) is 13.0 Å². The second-order valence-corrected chi connectivity index (χ2v) is 5.06. The number of benzene rings is 1. The number of nitrogens with two attached hydrogens (primary N) is 1. The van der Waals surface area contributed by atoms with Gasteiger partial charge in [0.25, 0.3) is 0 Å². The number of fused-ring (bicyclic) bond motifs is 1. The fourth-order valence-corrected chi connectivity index (χ4v) is 2.50. The summed E-state index contributed by atoms with van der Waals surface area (Å²) in [5.41, 5.74) is 8.33. The summed E-state index contributed by atoms with van der Waals surface area (Å²) in [5, 5.41) is 1.17. The lowest BCUT2D eigenvalue weighted by Gasteiger charge is -2.18. The molecule has 1 unspecified atom stereocenters. The predicted molar refractivity (Wildman–Crippen MR) is 76.3 cm³/mol. The van der Waals surface area contributed by atoms with Gasteiger partial charge in [-0.25, -0.2) is 0 Å². The Bertz CT molecular complexity index is 543. The Balaban J connectivity index is 2.74. The van der Waals surface area contributed by atoms with E-state index in [1.807, 2.05) is 12.1 Å². The van der Waals surface area contributed by atoms with Crippen molar-refractivity contribution in [3.05, 3.63) is 30.0 Å². The molecule has 2 aromatic rings. The molecule has 0 fully saturated rings. The molecule has 3 nitrogen and oxygen atoms in total. The highest BCUT2D eigenvalue weighted by Crippen LogP contribution is 2.33. The summed E-state index contributed by atoms with van der Waals surface area (Å²) in [6, 6.07) is 8.82. The quantitative estimate of drug-likeness (QED) is 0.899. The van der Waals surface area contributed by atoms with Gasteiger partial charge in [0.05, 0.1) is 12.6 Å². The molecule has 0 spiro atoms. The van der Waals surface area contributed by atoms with Crippen LogP contribution in [0.4, 0.5) is 0 Å². The molecule has 1 aromatic carbocycles. The molecule has 0 radical (unpaired) electrons. The van der Waals surface area contributed by atoms with Crippen LogP contribution in [0.15, 0.2) is 24.3 Å². The van der Waals surface area contributed by atoms with Gasteiger partial charge in [0, 0.05) is 29.6 Å². The maximum atomic E-state index is 5.82. The molecule has 0 aliphatic carbocycles. The van der Waals surface area contributed by atoms with Crippen LogP contribution in [0.1, 0.15) is 38.4 Å². The first-order valence-corrected chi connectivity index (χ1v) is 6.48. The zero-order chi connectivity index (χ0) is 13.3. The number of rotatable bonds is 4. The molecular weight excluding hydrogens is 224 g/mol. The van der Waals surface area contributed by atoms with Crippen molar-refractivity contribution in [2.75, 3.05) is 13.7 Å². The van der Waals surface area contributed by atoms with Crippen LogP contribution >= 0.6 is 0 Å². The number of ether oxygens (including phenoxy) is 1. The van der Waals surface area contributed by atoms with Crippen LogP contribution in [0, 0.1) is 0 Å². The van der Waals surface area contributed by atoms with E-state index >= 15 is 0 Å². The van der Waals surface area contributed by atoms with Gasteiger partial charge >= 0.3 is 0 Å². The van der Waals surface area contributed by atoms with E-state index in [2.05, 4.69) is 37.5 Å². The lowest BCUT2D eigenvalue weighted by Crippen LogP contribution is -2.14. The van der Waals surface area contributed by atoms with E-state index in [0.717, 1.165) is 5.75 Å². The smallest absolute Gasteiger partial charge is 0.128 e. The number of methoxy groups -OCH3 is 1. The van der Waals surface area contributed by atoms with E-state index in [1.54, 1.807) is 7.11 Å². The molecule has 98 valence electrons. The second kappa shape index (κ2) is 5.02. The van der Waals surface area contributed by atoms with E-state index in [4.69, 9.17) is 10.5 Å². The lowest BCUT2D eigenvalue weighted by atomic mass is 10.1. The Morgan fingerprint density at radius 2 is 2.00 bits per heavy atom. The normalized spacial score (nSPS) is 13.2. The molecule has 3 heteroatoms. The van der Waals surface area contributed by atoms with Crippen molar-refractivity contribution in [2.24, 2.45) is 5.73 Å². The largest absolute Gasteiger partial charge is 0.496 e. The molecule has 0 amide bonds. The predicted octanol–water partition coefficient (Wildman–Crippen LogP) is 3.29. The Labute approximate surface area is 109 Å². The van der Waals surface area contributed by atoms with Crippen molar-refractivity contribution in [3.63, 3.8) is 0 Å². The zero-order valence-corrected chi connectivity index (χ0v) is 11.6. The third-order valence-corrected chi connectivity index (χ3v) is 3.47. The molecule has 0 aliphatic rings. The highest BCUT2D eigenvalue weighted by atomic mass is 16.5. The molecule has 1 aromatic heterocycles. The van der Waals surface area contributed by atoms with E-state index in [9.17, 15) is 0 Å². The Morgan fingerprint density at radius 3 is 2.56 bits per heavy atom. The maximum Gasteiger partial charge on any atom is 0.128 e. The zero-order valence-electron chi connectivity index (χ0n) is 11.6.